The minimum atomic E-state index is -1.81. The molecule has 1 aromatic rings. The zero-order valence-corrected chi connectivity index (χ0v) is 24.8. The number of methoxy groups -OCH3 is 2. The van der Waals surface area contributed by atoms with Crippen molar-refractivity contribution < 1.29 is 52.3 Å². The summed E-state index contributed by atoms with van der Waals surface area (Å²) in [5, 5.41) is 15.3. The van der Waals surface area contributed by atoms with Crippen molar-refractivity contribution in [2.45, 2.75) is 93.3 Å². The SMILES string of the molecule is COCO[C@H]1[C@@H]2O[C@H](c3ccccc3)OC[C@H]2O[C@@](C[N+](=O)[O-])([C@H](OCOC)[C@H]2COC3(CCCCC3)O2)[C@@H]1NC(C)=O. The van der Waals surface area contributed by atoms with Gasteiger partial charge >= 0.3 is 0 Å². The molecule has 0 radical (unpaired) electrons. The molecule has 4 fully saturated rings. The van der Waals surface area contributed by atoms with Crippen LogP contribution in [0.5, 0.6) is 0 Å². The molecule has 0 bridgehead atoms. The number of nitrogens with one attached hydrogen (secondary N) is 1. The molecule has 14 nitrogen and oxygen atoms in total. The van der Waals surface area contributed by atoms with Crippen molar-refractivity contribution in [3.8, 4) is 0 Å². The van der Waals surface area contributed by atoms with Crippen LogP contribution >= 0.6 is 0 Å². The van der Waals surface area contributed by atoms with Crippen molar-refractivity contribution in [1.29, 1.82) is 0 Å². The van der Waals surface area contributed by atoms with Crippen molar-refractivity contribution in [2.75, 3.05) is 47.6 Å². The quantitative estimate of drug-likeness (QED) is 0.209. The zero-order chi connectivity index (χ0) is 30.5. The maximum absolute atomic E-state index is 12.7. The fourth-order valence-electron chi connectivity index (χ4n) is 6.76. The molecular formula is C29H42N2O12. The molecule has 4 aliphatic rings. The van der Waals surface area contributed by atoms with E-state index in [1.54, 1.807) is 0 Å². The second kappa shape index (κ2) is 14.2. The highest BCUT2D eigenvalue weighted by atomic mass is 16.8. The fraction of sp³-hybridized carbons (Fsp3) is 0.759. The molecule has 0 aromatic heterocycles. The highest BCUT2D eigenvalue weighted by molar-refractivity contribution is 5.73. The van der Waals surface area contributed by atoms with Gasteiger partial charge in [0.2, 0.25) is 12.5 Å². The molecule has 0 unspecified atom stereocenters. The van der Waals surface area contributed by atoms with E-state index < -0.39 is 71.6 Å². The molecule has 1 aliphatic carbocycles. The molecule has 3 aliphatic heterocycles. The molecule has 1 saturated carbocycles. The van der Waals surface area contributed by atoms with E-state index in [4.69, 9.17) is 42.6 Å². The van der Waals surface area contributed by atoms with E-state index in [1.807, 2.05) is 30.3 Å². The van der Waals surface area contributed by atoms with Gasteiger partial charge in [-0.25, -0.2) is 0 Å². The van der Waals surface area contributed by atoms with Gasteiger partial charge in [0.25, 0.3) is 0 Å². The molecule has 1 N–H and O–H groups in total. The Balaban J connectivity index is 1.55. The van der Waals surface area contributed by atoms with E-state index in [2.05, 4.69) is 5.32 Å². The summed E-state index contributed by atoms with van der Waals surface area (Å²) >= 11 is 0. The Morgan fingerprint density at radius 3 is 2.51 bits per heavy atom. The summed E-state index contributed by atoms with van der Waals surface area (Å²) in [6, 6.07) is 8.23. The zero-order valence-electron chi connectivity index (χ0n) is 24.8. The maximum Gasteiger partial charge on any atom is 0.237 e. The normalized spacial score (nSPS) is 34.4. The predicted octanol–water partition coefficient (Wildman–Crippen LogP) is 2.07. The van der Waals surface area contributed by atoms with Crippen LogP contribution in [0.1, 0.15) is 50.9 Å². The van der Waals surface area contributed by atoms with Crippen LogP contribution in [-0.4, -0.2) is 106 Å². The summed E-state index contributed by atoms with van der Waals surface area (Å²) in [4.78, 5) is 24.7. The number of nitro groups is 1. The van der Waals surface area contributed by atoms with Gasteiger partial charge < -0.3 is 47.9 Å². The van der Waals surface area contributed by atoms with E-state index in [0.29, 0.717) is 12.8 Å². The number of carbonyl (C=O) groups excluding carboxylic acids is 1. The molecule has 3 heterocycles. The summed E-state index contributed by atoms with van der Waals surface area (Å²) in [7, 11) is 2.91. The highest BCUT2D eigenvalue weighted by Crippen LogP contribution is 2.46. The molecule has 1 amide bonds. The molecule has 1 aromatic carbocycles. The van der Waals surface area contributed by atoms with Crippen LogP contribution in [0.15, 0.2) is 30.3 Å². The number of rotatable bonds is 12. The lowest BCUT2D eigenvalue weighted by atomic mass is 9.76. The Morgan fingerprint density at radius 1 is 1.09 bits per heavy atom. The minimum Gasteiger partial charge on any atom is -0.359 e. The third-order valence-electron chi connectivity index (χ3n) is 8.47. The lowest BCUT2D eigenvalue weighted by Crippen LogP contribution is -2.78. The summed E-state index contributed by atoms with van der Waals surface area (Å²) in [5.41, 5.74) is -1.03. The van der Waals surface area contributed by atoms with Gasteiger partial charge in [0, 0.05) is 44.5 Å². The van der Waals surface area contributed by atoms with Crippen molar-refractivity contribution in [3.05, 3.63) is 46.0 Å². The third kappa shape index (κ3) is 7.02. The van der Waals surface area contributed by atoms with Crippen LogP contribution in [0.4, 0.5) is 0 Å². The average molecular weight is 611 g/mol. The number of benzene rings is 1. The Kier molecular flexibility index (Phi) is 10.6. The number of nitrogens with zero attached hydrogens (tertiary/aromatic N) is 1. The number of hydrogen-bond acceptors (Lipinski definition) is 12. The summed E-state index contributed by atoms with van der Waals surface area (Å²) in [5.74, 6) is -1.25. The van der Waals surface area contributed by atoms with Gasteiger partial charge in [0.1, 0.15) is 44.1 Å². The van der Waals surface area contributed by atoms with Crippen molar-refractivity contribution in [1.82, 2.24) is 5.32 Å². The monoisotopic (exact) mass is 610 g/mol. The van der Waals surface area contributed by atoms with Gasteiger partial charge in [-0.1, -0.05) is 36.8 Å². The number of amides is 1. The Bertz CT molecular complexity index is 1070. The van der Waals surface area contributed by atoms with Gasteiger partial charge in [0.15, 0.2) is 17.7 Å². The lowest BCUT2D eigenvalue weighted by Gasteiger charge is -2.55. The van der Waals surface area contributed by atoms with E-state index in [0.717, 1.165) is 24.8 Å². The Labute approximate surface area is 250 Å². The highest BCUT2D eigenvalue weighted by Gasteiger charge is 2.67. The molecule has 5 rings (SSSR count). The minimum absolute atomic E-state index is 0.0340. The standard InChI is InChI=1S/C29H42N2O12/c1-19(32)30-25-24(38-17-35-2)23-21(14-37-27(41-23)20-10-6-4-7-11-20)43-29(25,16-31(33)34)26(39-18-36-3)22-15-40-28(42-22)12-8-5-9-13-28/h4,6-7,10-11,21-27H,5,8-9,12-18H2,1-3H3,(H,30,32)/t21-,22-,23-,24+,25-,26-,27-,29-/m1/s1. The molecule has 14 heteroatoms. The van der Waals surface area contributed by atoms with Crippen molar-refractivity contribution >= 4 is 5.91 Å². The Morgan fingerprint density at radius 2 is 1.84 bits per heavy atom. The molecular weight excluding hydrogens is 568 g/mol. The molecule has 3 saturated heterocycles. The summed E-state index contributed by atoms with van der Waals surface area (Å²) < 4.78 is 54.8. The van der Waals surface area contributed by atoms with E-state index >= 15 is 0 Å². The molecule has 240 valence electrons. The van der Waals surface area contributed by atoms with Crippen LogP contribution in [0, 0.1) is 10.1 Å². The average Bonchev–Trinajstić information content (AvgIpc) is 3.39. The van der Waals surface area contributed by atoms with Crippen LogP contribution in [0.3, 0.4) is 0 Å². The van der Waals surface area contributed by atoms with Gasteiger partial charge in [-0.15, -0.1) is 0 Å². The van der Waals surface area contributed by atoms with Crippen LogP contribution in [0.2, 0.25) is 0 Å². The summed E-state index contributed by atoms with van der Waals surface area (Å²) in [6.45, 7) is 0.335. The predicted molar refractivity (Wildman–Crippen MR) is 147 cm³/mol. The van der Waals surface area contributed by atoms with E-state index in [-0.39, 0.29) is 26.8 Å². The van der Waals surface area contributed by atoms with Gasteiger partial charge in [-0.3, -0.25) is 14.9 Å². The Hall–Kier alpha value is -2.27. The van der Waals surface area contributed by atoms with Gasteiger partial charge in [-0.05, 0) is 12.8 Å². The van der Waals surface area contributed by atoms with E-state index in [9.17, 15) is 14.9 Å². The van der Waals surface area contributed by atoms with Gasteiger partial charge in [0.05, 0.1) is 19.3 Å². The third-order valence-corrected chi connectivity index (χ3v) is 8.47. The second-order valence-electron chi connectivity index (χ2n) is 11.4. The fourth-order valence-corrected chi connectivity index (χ4v) is 6.76. The first-order valence-corrected chi connectivity index (χ1v) is 14.7. The maximum atomic E-state index is 12.7. The van der Waals surface area contributed by atoms with Crippen LogP contribution in [-0.2, 0) is 47.4 Å². The number of hydrogen-bond donors (Lipinski definition) is 1. The smallest absolute Gasteiger partial charge is 0.237 e. The van der Waals surface area contributed by atoms with Gasteiger partial charge in [-0.2, -0.15) is 0 Å². The number of ether oxygens (including phenoxy) is 9. The number of fused-ring (bicyclic) bond motifs is 1. The molecule has 8 atom stereocenters. The van der Waals surface area contributed by atoms with Crippen LogP contribution in [0.25, 0.3) is 0 Å². The van der Waals surface area contributed by atoms with Crippen LogP contribution < -0.4 is 5.32 Å². The summed E-state index contributed by atoms with van der Waals surface area (Å²) in [6.07, 6.45) is -0.861. The number of carbonyl (C=O) groups is 1. The van der Waals surface area contributed by atoms with Crippen molar-refractivity contribution in [3.63, 3.8) is 0 Å². The topological polar surface area (TPSA) is 155 Å². The lowest BCUT2D eigenvalue weighted by molar-refractivity contribution is -0.519. The largest absolute Gasteiger partial charge is 0.359 e. The molecule has 43 heavy (non-hydrogen) atoms. The first-order valence-electron chi connectivity index (χ1n) is 14.7. The van der Waals surface area contributed by atoms with E-state index in [1.165, 1.54) is 21.1 Å². The first-order chi connectivity index (χ1) is 20.8. The van der Waals surface area contributed by atoms with Crippen molar-refractivity contribution in [2.24, 2.45) is 0 Å². The first kappa shape index (κ1) is 32.1. The second-order valence-corrected chi connectivity index (χ2v) is 11.4. The molecule has 1 spiro atoms.